The maximum Gasteiger partial charge on any atom is 0.261 e. The molecule has 5 N–H and O–H groups in total. The average molecular weight is 290 g/mol. The zero-order valence-corrected chi connectivity index (χ0v) is 10.9. The lowest BCUT2D eigenvalue weighted by Crippen LogP contribution is -2.48. The fourth-order valence-electron chi connectivity index (χ4n) is 2.42. The quantitative estimate of drug-likeness (QED) is 0.500. The van der Waals surface area contributed by atoms with Gasteiger partial charge < -0.3 is 30.3 Å². The highest BCUT2D eigenvalue weighted by atomic mass is 16.6. The van der Waals surface area contributed by atoms with Gasteiger partial charge in [-0.3, -0.25) is 0 Å². The Morgan fingerprint density at radius 2 is 1.67 bits per heavy atom. The molecule has 110 valence electrons. The van der Waals surface area contributed by atoms with Crippen molar-refractivity contribution in [2.45, 2.75) is 18.3 Å². The number of ether oxygens (including phenoxy) is 1. The number of aromatic hydroxyl groups is 3. The second-order valence-electron chi connectivity index (χ2n) is 4.99. The lowest BCUT2D eigenvalue weighted by molar-refractivity contribution is -0.222. The van der Waals surface area contributed by atoms with Gasteiger partial charge in [0.15, 0.2) is 17.2 Å². The second-order valence-corrected chi connectivity index (χ2v) is 4.99. The molecule has 2 atom stereocenters. The van der Waals surface area contributed by atoms with Gasteiger partial charge in [0.05, 0.1) is 0 Å². The number of hydrogen-bond acceptors (Lipinski definition) is 6. The zero-order chi connectivity index (χ0) is 15.2. The third-order valence-corrected chi connectivity index (χ3v) is 3.59. The molecule has 0 saturated carbocycles. The number of phenolic OH excluding ortho intramolecular Hbond substituents is 3. The Kier molecular flexibility index (Phi) is 2.93. The molecule has 2 aromatic carbocycles. The Morgan fingerprint density at radius 3 is 2.33 bits per heavy atom. The van der Waals surface area contributed by atoms with Crippen LogP contribution in [0.2, 0.25) is 0 Å². The number of para-hydroxylation sites is 1. The van der Waals surface area contributed by atoms with Crippen LogP contribution in [0.3, 0.4) is 0 Å². The molecule has 21 heavy (non-hydrogen) atoms. The molecule has 1 aliphatic rings. The fraction of sp³-hybridized carbons (Fsp3) is 0.200. The van der Waals surface area contributed by atoms with E-state index < -0.39 is 29.1 Å². The van der Waals surface area contributed by atoms with Crippen molar-refractivity contribution in [3.05, 3.63) is 47.5 Å². The van der Waals surface area contributed by atoms with Crippen LogP contribution in [0.5, 0.6) is 23.0 Å². The molecule has 0 fully saturated rings. The van der Waals surface area contributed by atoms with E-state index in [1.54, 1.807) is 24.3 Å². The average Bonchev–Trinajstić information content (AvgIpc) is 2.45. The monoisotopic (exact) mass is 290 g/mol. The summed E-state index contributed by atoms with van der Waals surface area (Å²) in [6.07, 6.45) is -1.15. The van der Waals surface area contributed by atoms with Gasteiger partial charge >= 0.3 is 0 Å². The highest BCUT2D eigenvalue weighted by molar-refractivity contribution is 5.53. The number of benzene rings is 2. The van der Waals surface area contributed by atoms with Crippen LogP contribution < -0.4 is 4.74 Å². The minimum absolute atomic E-state index is 0.0581. The number of phenols is 3. The Labute approximate surface area is 120 Å². The van der Waals surface area contributed by atoms with E-state index in [0.29, 0.717) is 5.75 Å². The minimum Gasteiger partial charge on any atom is -0.504 e. The Balaban J connectivity index is 2.09. The standard InChI is InChI=1S/C15H14O6/c16-10-6-9(7-11(17)14(10)19)15(20)13(18)5-8-3-1-2-4-12(8)21-15/h1-4,6-7,13,16-20H,5H2. The topological polar surface area (TPSA) is 110 Å². The van der Waals surface area contributed by atoms with Crippen molar-refractivity contribution < 1.29 is 30.3 Å². The molecule has 3 rings (SSSR count). The molecule has 2 aromatic rings. The van der Waals surface area contributed by atoms with Crippen LogP contribution in [0.25, 0.3) is 0 Å². The normalized spacial score (nSPS) is 24.2. The number of rotatable bonds is 1. The lowest BCUT2D eigenvalue weighted by atomic mass is 9.91. The molecule has 0 bridgehead atoms. The molecule has 0 saturated heterocycles. The molecule has 1 aliphatic heterocycles. The Hall–Kier alpha value is -2.44. The number of hydrogen-bond donors (Lipinski definition) is 5. The van der Waals surface area contributed by atoms with E-state index in [9.17, 15) is 25.5 Å². The van der Waals surface area contributed by atoms with Crippen LogP contribution in [-0.4, -0.2) is 31.6 Å². The number of aliphatic hydroxyl groups excluding tert-OH is 1. The van der Waals surface area contributed by atoms with Gasteiger partial charge in [-0.05, 0) is 23.8 Å². The van der Waals surface area contributed by atoms with E-state index in [1.165, 1.54) is 0 Å². The summed E-state index contributed by atoms with van der Waals surface area (Å²) in [4.78, 5) is 0. The van der Waals surface area contributed by atoms with Crippen molar-refractivity contribution >= 4 is 0 Å². The van der Waals surface area contributed by atoms with Gasteiger partial charge in [0.2, 0.25) is 0 Å². The highest BCUT2D eigenvalue weighted by Gasteiger charge is 2.45. The molecule has 0 amide bonds. The molecule has 6 heteroatoms. The largest absolute Gasteiger partial charge is 0.504 e. The van der Waals surface area contributed by atoms with E-state index in [4.69, 9.17) is 4.74 Å². The van der Waals surface area contributed by atoms with Crippen molar-refractivity contribution in [3.8, 4) is 23.0 Å². The van der Waals surface area contributed by atoms with Gasteiger partial charge in [0.25, 0.3) is 5.79 Å². The van der Waals surface area contributed by atoms with Crippen molar-refractivity contribution in [3.63, 3.8) is 0 Å². The molecular weight excluding hydrogens is 276 g/mol. The minimum atomic E-state index is -2.13. The van der Waals surface area contributed by atoms with Crippen molar-refractivity contribution in [1.29, 1.82) is 0 Å². The van der Waals surface area contributed by atoms with E-state index in [2.05, 4.69) is 0 Å². The molecule has 2 unspecified atom stereocenters. The van der Waals surface area contributed by atoms with E-state index >= 15 is 0 Å². The zero-order valence-electron chi connectivity index (χ0n) is 10.9. The third kappa shape index (κ3) is 2.05. The predicted molar refractivity (Wildman–Crippen MR) is 72.1 cm³/mol. The first-order chi connectivity index (χ1) is 9.91. The summed E-state index contributed by atoms with van der Waals surface area (Å²) in [6.45, 7) is 0. The summed E-state index contributed by atoms with van der Waals surface area (Å²) in [5, 5.41) is 49.3. The fourth-order valence-corrected chi connectivity index (χ4v) is 2.42. The van der Waals surface area contributed by atoms with Crippen molar-refractivity contribution in [1.82, 2.24) is 0 Å². The summed E-state index contributed by atoms with van der Waals surface area (Å²) in [5.41, 5.74) is 0.680. The molecule has 0 aromatic heterocycles. The molecule has 6 nitrogen and oxygen atoms in total. The SMILES string of the molecule is Oc1cc(C2(O)Oc3ccccc3CC2O)cc(O)c1O. The first kappa shape index (κ1) is 13.5. The van der Waals surface area contributed by atoms with Gasteiger partial charge in [0, 0.05) is 12.0 Å². The van der Waals surface area contributed by atoms with Crippen LogP contribution in [0, 0.1) is 0 Å². The Bertz CT molecular complexity index is 675. The second kappa shape index (κ2) is 4.54. The van der Waals surface area contributed by atoms with Crippen molar-refractivity contribution in [2.75, 3.05) is 0 Å². The summed E-state index contributed by atoms with van der Waals surface area (Å²) < 4.78 is 5.47. The summed E-state index contributed by atoms with van der Waals surface area (Å²) >= 11 is 0. The van der Waals surface area contributed by atoms with Gasteiger partial charge in [-0.15, -0.1) is 0 Å². The van der Waals surface area contributed by atoms with E-state index in [-0.39, 0.29) is 12.0 Å². The Morgan fingerprint density at radius 1 is 1.05 bits per heavy atom. The van der Waals surface area contributed by atoms with Gasteiger partial charge in [-0.25, -0.2) is 0 Å². The van der Waals surface area contributed by atoms with Crippen LogP contribution in [0.15, 0.2) is 36.4 Å². The third-order valence-electron chi connectivity index (χ3n) is 3.59. The number of aliphatic hydroxyl groups is 2. The van der Waals surface area contributed by atoms with Crippen LogP contribution >= 0.6 is 0 Å². The number of fused-ring (bicyclic) bond motifs is 1. The molecule has 0 spiro atoms. The molecular formula is C15H14O6. The first-order valence-corrected chi connectivity index (χ1v) is 6.34. The summed E-state index contributed by atoms with van der Waals surface area (Å²) in [5.74, 6) is -3.66. The highest BCUT2D eigenvalue weighted by Crippen LogP contribution is 2.43. The molecule has 0 radical (unpaired) electrons. The molecule has 1 heterocycles. The van der Waals surface area contributed by atoms with Gasteiger partial charge in [-0.2, -0.15) is 0 Å². The van der Waals surface area contributed by atoms with Crippen LogP contribution in [-0.2, 0) is 12.2 Å². The summed E-state index contributed by atoms with van der Waals surface area (Å²) in [7, 11) is 0. The summed E-state index contributed by atoms with van der Waals surface area (Å²) in [6, 6.07) is 8.99. The predicted octanol–water partition coefficient (Wildman–Crippen LogP) is 0.944. The van der Waals surface area contributed by atoms with Gasteiger partial charge in [0.1, 0.15) is 11.9 Å². The van der Waals surface area contributed by atoms with Crippen LogP contribution in [0.4, 0.5) is 0 Å². The molecule has 0 aliphatic carbocycles. The van der Waals surface area contributed by atoms with E-state index in [0.717, 1.165) is 17.7 Å². The maximum atomic E-state index is 10.6. The van der Waals surface area contributed by atoms with Crippen LogP contribution in [0.1, 0.15) is 11.1 Å². The first-order valence-electron chi connectivity index (χ1n) is 6.34. The maximum absolute atomic E-state index is 10.6. The van der Waals surface area contributed by atoms with E-state index in [1.807, 2.05) is 0 Å². The lowest BCUT2D eigenvalue weighted by Gasteiger charge is -2.38. The smallest absolute Gasteiger partial charge is 0.261 e. The van der Waals surface area contributed by atoms with Crippen molar-refractivity contribution in [2.24, 2.45) is 0 Å². The van der Waals surface area contributed by atoms with Gasteiger partial charge in [-0.1, -0.05) is 18.2 Å².